The van der Waals surface area contributed by atoms with Crippen LogP contribution in [0.4, 0.5) is 0 Å². The molecule has 1 aromatic heterocycles. The number of nitrogens with zero attached hydrogens (tertiary/aromatic N) is 3. The van der Waals surface area contributed by atoms with Crippen molar-refractivity contribution in [1.82, 2.24) is 15.0 Å². The zero-order valence-corrected chi connectivity index (χ0v) is 13.7. The second kappa shape index (κ2) is 6.49. The Hall–Kier alpha value is -0.980. The number of rotatable bonds is 4. The van der Waals surface area contributed by atoms with Gasteiger partial charge in [-0.3, -0.25) is 4.90 Å². The molecule has 4 rings (SSSR count). The number of piperidine rings is 1. The maximum Gasteiger partial charge on any atom is 0.229 e. The molecule has 0 bridgehead atoms. The lowest BCUT2D eigenvalue weighted by Gasteiger charge is -2.48. The predicted octanol–water partition coefficient (Wildman–Crippen LogP) is 2.09. The molecule has 3 fully saturated rings. The van der Waals surface area contributed by atoms with Crippen LogP contribution in [0.2, 0.25) is 0 Å². The van der Waals surface area contributed by atoms with Crippen LogP contribution in [0.25, 0.3) is 0 Å². The number of aliphatic hydroxyl groups excluding tert-OH is 1. The molecule has 3 aliphatic rings. The molecule has 6 nitrogen and oxygen atoms in total. The molecule has 1 aliphatic carbocycles. The van der Waals surface area contributed by atoms with Crippen molar-refractivity contribution in [1.29, 1.82) is 0 Å². The third-order valence-electron chi connectivity index (χ3n) is 6.11. The van der Waals surface area contributed by atoms with Gasteiger partial charge in [0.2, 0.25) is 5.89 Å². The lowest BCUT2D eigenvalue weighted by Crippen LogP contribution is -2.51. The fraction of sp³-hybridized carbons (Fsp3) is 0.882. The molecule has 0 radical (unpaired) electrons. The second-order valence-corrected chi connectivity index (χ2v) is 7.57. The average Bonchev–Trinajstić information content (AvgIpc) is 2.95. The van der Waals surface area contributed by atoms with Crippen LogP contribution in [0.5, 0.6) is 0 Å². The Labute approximate surface area is 137 Å². The minimum absolute atomic E-state index is 0.208. The Morgan fingerprint density at radius 1 is 1.17 bits per heavy atom. The summed E-state index contributed by atoms with van der Waals surface area (Å²) in [6.07, 6.45) is 8.11. The van der Waals surface area contributed by atoms with E-state index in [1.807, 2.05) is 0 Å². The summed E-state index contributed by atoms with van der Waals surface area (Å²) in [5.41, 5.74) is 0.352. The van der Waals surface area contributed by atoms with E-state index in [0.717, 1.165) is 50.7 Å². The van der Waals surface area contributed by atoms with E-state index in [1.165, 1.54) is 25.7 Å². The third kappa shape index (κ3) is 3.16. The van der Waals surface area contributed by atoms with Crippen LogP contribution in [0.1, 0.15) is 62.6 Å². The lowest BCUT2D eigenvalue weighted by molar-refractivity contribution is -0.0558. The predicted molar refractivity (Wildman–Crippen MR) is 83.9 cm³/mol. The molecule has 23 heavy (non-hydrogen) atoms. The van der Waals surface area contributed by atoms with Crippen LogP contribution >= 0.6 is 0 Å². The van der Waals surface area contributed by atoms with E-state index in [-0.39, 0.29) is 12.6 Å². The first kappa shape index (κ1) is 15.5. The van der Waals surface area contributed by atoms with E-state index in [1.54, 1.807) is 0 Å². The van der Waals surface area contributed by atoms with Crippen LogP contribution in [0, 0.1) is 5.41 Å². The quantitative estimate of drug-likeness (QED) is 0.915. The number of hydrogen-bond acceptors (Lipinski definition) is 6. The number of ether oxygens (including phenoxy) is 1. The second-order valence-electron chi connectivity index (χ2n) is 7.57. The van der Waals surface area contributed by atoms with Crippen molar-refractivity contribution in [3.8, 4) is 0 Å². The third-order valence-corrected chi connectivity index (χ3v) is 6.11. The molecule has 1 N–H and O–H groups in total. The van der Waals surface area contributed by atoms with E-state index < -0.39 is 0 Å². The van der Waals surface area contributed by atoms with E-state index in [4.69, 9.17) is 9.26 Å². The van der Waals surface area contributed by atoms with Gasteiger partial charge in [-0.25, -0.2) is 0 Å². The Morgan fingerprint density at radius 2 is 2.00 bits per heavy atom. The summed E-state index contributed by atoms with van der Waals surface area (Å²) < 4.78 is 11.0. The van der Waals surface area contributed by atoms with Gasteiger partial charge in [0.1, 0.15) is 0 Å². The zero-order chi connectivity index (χ0) is 15.7. The van der Waals surface area contributed by atoms with Crippen molar-refractivity contribution in [3.05, 3.63) is 11.7 Å². The first-order valence-electron chi connectivity index (χ1n) is 9.03. The minimum Gasteiger partial charge on any atom is -0.395 e. The molecule has 1 unspecified atom stereocenters. The largest absolute Gasteiger partial charge is 0.395 e. The fourth-order valence-corrected chi connectivity index (χ4v) is 4.23. The van der Waals surface area contributed by atoms with Crippen LogP contribution < -0.4 is 0 Å². The standard InChI is InChI=1S/C17H27N3O3/c21-11-14-4-5-17(6-8-22-9-7-17)12-20(14)10-15-18-16(23-19-15)13-2-1-3-13/h13-14,21H,1-12H2. The first-order valence-corrected chi connectivity index (χ1v) is 9.03. The normalized spacial score (nSPS) is 28.8. The summed E-state index contributed by atoms with van der Waals surface area (Å²) in [6, 6.07) is 0.217. The van der Waals surface area contributed by atoms with Gasteiger partial charge in [-0.05, 0) is 43.9 Å². The monoisotopic (exact) mass is 321 g/mol. The summed E-state index contributed by atoms with van der Waals surface area (Å²) in [5, 5.41) is 13.9. The zero-order valence-electron chi connectivity index (χ0n) is 13.7. The molecule has 0 amide bonds. The number of likely N-dealkylation sites (tertiary alicyclic amines) is 1. The highest BCUT2D eigenvalue weighted by atomic mass is 16.5. The van der Waals surface area contributed by atoms with Gasteiger partial charge in [0.25, 0.3) is 0 Å². The van der Waals surface area contributed by atoms with E-state index in [9.17, 15) is 5.11 Å². The van der Waals surface area contributed by atoms with Gasteiger partial charge in [0.15, 0.2) is 5.82 Å². The maximum atomic E-state index is 9.74. The molecular formula is C17H27N3O3. The molecular weight excluding hydrogens is 294 g/mol. The van der Waals surface area contributed by atoms with Gasteiger partial charge in [-0.1, -0.05) is 11.6 Å². The number of aliphatic hydroxyl groups is 1. The SMILES string of the molecule is OCC1CCC2(CCOCC2)CN1Cc1noc(C2CCC2)n1. The van der Waals surface area contributed by atoms with Crippen molar-refractivity contribution in [2.75, 3.05) is 26.4 Å². The molecule has 2 saturated heterocycles. The minimum atomic E-state index is 0.208. The van der Waals surface area contributed by atoms with E-state index in [0.29, 0.717) is 17.9 Å². The first-order chi connectivity index (χ1) is 11.3. The van der Waals surface area contributed by atoms with Gasteiger partial charge in [-0.2, -0.15) is 4.98 Å². The van der Waals surface area contributed by atoms with Crippen LogP contribution in [-0.4, -0.2) is 52.6 Å². The average molecular weight is 321 g/mol. The molecule has 1 aromatic rings. The summed E-state index contributed by atoms with van der Waals surface area (Å²) >= 11 is 0. The highest BCUT2D eigenvalue weighted by Crippen LogP contribution is 2.41. The summed E-state index contributed by atoms with van der Waals surface area (Å²) in [7, 11) is 0. The summed E-state index contributed by atoms with van der Waals surface area (Å²) in [6.45, 7) is 3.64. The van der Waals surface area contributed by atoms with Crippen molar-refractivity contribution in [3.63, 3.8) is 0 Å². The van der Waals surface area contributed by atoms with Gasteiger partial charge in [0, 0.05) is 31.7 Å². The highest BCUT2D eigenvalue weighted by molar-refractivity contribution is 5.00. The molecule has 1 atom stereocenters. The van der Waals surface area contributed by atoms with E-state index >= 15 is 0 Å². The van der Waals surface area contributed by atoms with Gasteiger partial charge >= 0.3 is 0 Å². The summed E-state index contributed by atoms with van der Waals surface area (Å²) in [4.78, 5) is 6.97. The molecule has 1 saturated carbocycles. The Bertz CT molecular complexity index is 523. The molecule has 2 aliphatic heterocycles. The van der Waals surface area contributed by atoms with E-state index in [2.05, 4.69) is 15.0 Å². The summed E-state index contributed by atoms with van der Waals surface area (Å²) in [5.74, 6) is 2.06. The molecule has 0 aromatic carbocycles. The molecule has 128 valence electrons. The van der Waals surface area contributed by atoms with Crippen molar-refractivity contribution in [2.45, 2.75) is 63.5 Å². The topological polar surface area (TPSA) is 71.6 Å². The van der Waals surface area contributed by atoms with Crippen LogP contribution in [-0.2, 0) is 11.3 Å². The van der Waals surface area contributed by atoms with Crippen molar-refractivity contribution >= 4 is 0 Å². The molecule has 3 heterocycles. The van der Waals surface area contributed by atoms with Crippen LogP contribution in [0.3, 0.4) is 0 Å². The maximum absolute atomic E-state index is 9.74. The molecule has 1 spiro atoms. The van der Waals surface area contributed by atoms with Gasteiger partial charge < -0.3 is 14.4 Å². The van der Waals surface area contributed by atoms with Crippen molar-refractivity contribution in [2.24, 2.45) is 5.41 Å². The number of aromatic nitrogens is 2. The highest BCUT2D eigenvalue weighted by Gasteiger charge is 2.40. The Morgan fingerprint density at radius 3 is 2.70 bits per heavy atom. The van der Waals surface area contributed by atoms with Crippen molar-refractivity contribution < 1.29 is 14.4 Å². The Kier molecular flexibility index (Phi) is 4.39. The number of hydrogen-bond donors (Lipinski definition) is 1. The lowest BCUT2D eigenvalue weighted by atomic mass is 9.72. The Balaban J connectivity index is 1.44. The van der Waals surface area contributed by atoms with Crippen LogP contribution in [0.15, 0.2) is 4.52 Å². The smallest absolute Gasteiger partial charge is 0.229 e. The van der Waals surface area contributed by atoms with Gasteiger partial charge in [0.05, 0.1) is 13.2 Å². The van der Waals surface area contributed by atoms with Gasteiger partial charge in [-0.15, -0.1) is 0 Å². The molecule has 6 heteroatoms. The fourth-order valence-electron chi connectivity index (χ4n) is 4.23.